The van der Waals surface area contributed by atoms with Gasteiger partial charge in [0.05, 0.1) is 0 Å². The Kier molecular flexibility index (Phi) is 1.86. The molecule has 0 aromatic carbocycles. The fraction of sp³-hybridized carbons (Fsp3) is 0.800. The van der Waals surface area contributed by atoms with Gasteiger partial charge in [0.15, 0.2) is 0 Å². The summed E-state index contributed by atoms with van der Waals surface area (Å²) in [5.74, 6) is 0. The maximum atomic E-state index is 5.15. The quantitative estimate of drug-likeness (QED) is 0.414. The van der Waals surface area contributed by atoms with Crippen LogP contribution in [0, 0.1) is 0 Å². The molecule has 0 saturated carbocycles. The van der Waals surface area contributed by atoms with Crippen LogP contribution < -0.4 is 5.43 Å². The van der Waals surface area contributed by atoms with E-state index in [0.717, 1.165) is 19.4 Å². The Morgan fingerprint density at radius 2 is 2.62 bits per heavy atom. The van der Waals surface area contributed by atoms with Crippen LogP contribution in [0.5, 0.6) is 0 Å². The smallest absolute Gasteiger partial charge is 0.142 e. The van der Waals surface area contributed by atoms with Crippen molar-refractivity contribution in [3.05, 3.63) is 0 Å². The summed E-state index contributed by atoms with van der Waals surface area (Å²) in [7, 11) is 0. The van der Waals surface area contributed by atoms with E-state index in [4.69, 9.17) is 4.74 Å². The monoisotopic (exact) mass is 114 g/mol. The van der Waals surface area contributed by atoms with Gasteiger partial charge >= 0.3 is 0 Å². The van der Waals surface area contributed by atoms with Gasteiger partial charge < -0.3 is 4.74 Å². The van der Waals surface area contributed by atoms with Crippen LogP contribution in [-0.2, 0) is 4.74 Å². The van der Waals surface area contributed by atoms with Crippen molar-refractivity contribution in [2.45, 2.75) is 19.1 Å². The second-order valence-corrected chi connectivity index (χ2v) is 1.79. The van der Waals surface area contributed by atoms with Crippen molar-refractivity contribution in [1.29, 1.82) is 0 Å². The highest BCUT2D eigenvalue weighted by Crippen LogP contribution is 2.07. The highest BCUT2D eigenvalue weighted by atomic mass is 16.5. The third-order valence-corrected chi connectivity index (χ3v) is 1.16. The molecule has 1 N–H and O–H groups in total. The normalized spacial score (nSPS) is 27.8. The van der Waals surface area contributed by atoms with Crippen molar-refractivity contribution < 1.29 is 4.74 Å². The third kappa shape index (κ3) is 1.20. The van der Waals surface area contributed by atoms with Crippen molar-refractivity contribution in [3.63, 3.8) is 0 Å². The molecule has 1 unspecified atom stereocenters. The van der Waals surface area contributed by atoms with Crippen LogP contribution in [-0.4, -0.2) is 19.6 Å². The van der Waals surface area contributed by atoms with Crippen LogP contribution in [0.2, 0.25) is 0 Å². The second kappa shape index (κ2) is 2.67. The lowest BCUT2D eigenvalue weighted by atomic mass is 10.3. The molecule has 1 fully saturated rings. The molecule has 0 aromatic heterocycles. The minimum absolute atomic E-state index is 0.132. The van der Waals surface area contributed by atoms with Crippen molar-refractivity contribution >= 4 is 6.72 Å². The molecule has 1 heterocycles. The summed E-state index contributed by atoms with van der Waals surface area (Å²) >= 11 is 0. The molecule has 1 rings (SSSR count). The SMILES string of the molecule is C=NNC1CCCO1. The van der Waals surface area contributed by atoms with Gasteiger partial charge in [-0.1, -0.05) is 0 Å². The van der Waals surface area contributed by atoms with E-state index in [1.807, 2.05) is 0 Å². The van der Waals surface area contributed by atoms with Crippen molar-refractivity contribution in [3.8, 4) is 0 Å². The number of hydrogen-bond acceptors (Lipinski definition) is 3. The molecule has 0 bridgehead atoms. The van der Waals surface area contributed by atoms with Gasteiger partial charge in [0.1, 0.15) is 6.23 Å². The molecular weight excluding hydrogens is 104 g/mol. The van der Waals surface area contributed by atoms with Gasteiger partial charge in [0.2, 0.25) is 0 Å². The highest BCUT2D eigenvalue weighted by molar-refractivity contribution is 5.22. The maximum absolute atomic E-state index is 5.15. The zero-order valence-corrected chi connectivity index (χ0v) is 4.76. The lowest BCUT2D eigenvalue weighted by Crippen LogP contribution is -2.21. The van der Waals surface area contributed by atoms with Crippen molar-refractivity contribution in [2.75, 3.05) is 6.61 Å². The molecule has 0 aromatic rings. The van der Waals surface area contributed by atoms with Gasteiger partial charge in [-0.15, -0.1) is 0 Å². The van der Waals surface area contributed by atoms with E-state index in [1.54, 1.807) is 0 Å². The Balaban J connectivity index is 2.14. The first-order chi connectivity index (χ1) is 3.93. The average Bonchev–Trinajstić information content (AvgIpc) is 2.19. The molecule has 0 aliphatic carbocycles. The van der Waals surface area contributed by atoms with Crippen LogP contribution in [0.25, 0.3) is 0 Å². The van der Waals surface area contributed by atoms with E-state index in [9.17, 15) is 0 Å². The van der Waals surface area contributed by atoms with Gasteiger partial charge in [0.25, 0.3) is 0 Å². The van der Waals surface area contributed by atoms with Crippen LogP contribution >= 0.6 is 0 Å². The predicted octanol–water partition coefficient (Wildman–Crippen LogP) is 0.328. The fourth-order valence-corrected chi connectivity index (χ4v) is 0.781. The Labute approximate surface area is 48.7 Å². The summed E-state index contributed by atoms with van der Waals surface area (Å²) < 4.78 is 5.15. The van der Waals surface area contributed by atoms with E-state index in [-0.39, 0.29) is 6.23 Å². The standard InChI is InChI=1S/C5H10N2O/c1-6-7-5-3-2-4-8-5/h5,7H,1-4H2. The number of ether oxygens (including phenoxy) is 1. The van der Waals surface area contributed by atoms with Gasteiger partial charge in [-0.25, -0.2) is 0 Å². The maximum Gasteiger partial charge on any atom is 0.142 e. The Hall–Kier alpha value is -0.570. The molecule has 0 amide bonds. The third-order valence-electron chi connectivity index (χ3n) is 1.16. The zero-order chi connectivity index (χ0) is 5.82. The summed E-state index contributed by atoms with van der Waals surface area (Å²) in [6.07, 6.45) is 2.32. The van der Waals surface area contributed by atoms with E-state index in [1.165, 1.54) is 0 Å². The first-order valence-electron chi connectivity index (χ1n) is 2.76. The van der Waals surface area contributed by atoms with Gasteiger partial charge in [0, 0.05) is 13.3 Å². The average molecular weight is 114 g/mol. The second-order valence-electron chi connectivity index (χ2n) is 1.79. The van der Waals surface area contributed by atoms with Crippen LogP contribution in [0.4, 0.5) is 0 Å². The summed E-state index contributed by atoms with van der Waals surface area (Å²) in [5, 5.41) is 3.49. The molecule has 0 radical (unpaired) electrons. The number of nitrogens with one attached hydrogen (secondary N) is 1. The Bertz CT molecular complexity index is 78.5. The molecule has 1 atom stereocenters. The molecule has 3 heteroatoms. The van der Waals surface area contributed by atoms with Gasteiger partial charge in [-0.3, -0.25) is 5.43 Å². The summed E-state index contributed by atoms with van der Waals surface area (Å²) in [6, 6.07) is 0. The van der Waals surface area contributed by atoms with Crippen LogP contribution in [0.15, 0.2) is 5.10 Å². The largest absolute Gasteiger partial charge is 0.357 e. The van der Waals surface area contributed by atoms with E-state index < -0.39 is 0 Å². The molecule has 8 heavy (non-hydrogen) atoms. The lowest BCUT2D eigenvalue weighted by Gasteiger charge is -2.05. The Morgan fingerprint density at radius 1 is 1.75 bits per heavy atom. The van der Waals surface area contributed by atoms with Crippen LogP contribution in [0.1, 0.15) is 12.8 Å². The number of hydrogen-bond donors (Lipinski definition) is 1. The number of rotatable bonds is 2. The van der Waals surface area contributed by atoms with E-state index in [2.05, 4.69) is 17.2 Å². The van der Waals surface area contributed by atoms with Gasteiger partial charge in [-0.05, 0) is 12.8 Å². The van der Waals surface area contributed by atoms with E-state index in [0.29, 0.717) is 0 Å². The molecule has 3 nitrogen and oxygen atoms in total. The molecule has 1 aliphatic heterocycles. The summed E-state index contributed by atoms with van der Waals surface area (Å²) in [5.41, 5.74) is 2.74. The summed E-state index contributed by atoms with van der Waals surface area (Å²) in [6.45, 7) is 4.14. The number of hydrazone groups is 1. The van der Waals surface area contributed by atoms with Crippen LogP contribution in [0.3, 0.4) is 0 Å². The zero-order valence-electron chi connectivity index (χ0n) is 4.76. The van der Waals surface area contributed by atoms with E-state index >= 15 is 0 Å². The van der Waals surface area contributed by atoms with Crippen molar-refractivity contribution in [1.82, 2.24) is 5.43 Å². The Morgan fingerprint density at radius 3 is 3.12 bits per heavy atom. The minimum atomic E-state index is 0.132. The first kappa shape index (κ1) is 5.56. The first-order valence-corrected chi connectivity index (χ1v) is 2.76. The van der Waals surface area contributed by atoms with Gasteiger partial charge in [-0.2, -0.15) is 5.10 Å². The molecular formula is C5H10N2O. The minimum Gasteiger partial charge on any atom is -0.357 e. The molecule has 1 aliphatic rings. The predicted molar refractivity (Wildman–Crippen MR) is 31.7 cm³/mol. The topological polar surface area (TPSA) is 33.6 Å². The molecule has 1 saturated heterocycles. The lowest BCUT2D eigenvalue weighted by molar-refractivity contribution is 0.0856. The summed E-state index contributed by atoms with van der Waals surface area (Å²) in [4.78, 5) is 0. The molecule has 0 spiro atoms. The molecule has 46 valence electrons. The fourth-order valence-electron chi connectivity index (χ4n) is 0.781. The number of nitrogens with zero attached hydrogens (tertiary/aromatic N) is 1. The van der Waals surface area contributed by atoms with Crippen molar-refractivity contribution in [2.24, 2.45) is 5.10 Å². The highest BCUT2D eigenvalue weighted by Gasteiger charge is 2.12.